The average Bonchev–Trinajstić information content (AvgIpc) is 3.37. The van der Waals surface area contributed by atoms with Crippen molar-refractivity contribution in [2.75, 3.05) is 0 Å². The molecule has 0 aliphatic heterocycles. The van der Waals surface area contributed by atoms with Gasteiger partial charge in [0.15, 0.2) is 11.5 Å². The van der Waals surface area contributed by atoms with Crippen molar-refractivity contribution in [2.45, 2.75) is 11.0 Å². The summed E-state index contributed by atoms with van der Waals surface area (Å²) >= 11 is 0. The van der Waals surface area contributed by atoms with Crippen LogP contribution in [-0.4, -0.2) is 32.4 Å². The van der Waals surface area contributed by atoms with E-state index >= 15 is 0 Å². The fourth-order valence-electron chi connectivity index (χ4n) is 5.86. The van der Waals surface area contributed by atoms with Gasteiger partial charge in [-0.2, -0.15) is 43.2 Å². The van der Waals surface area contributed by atoms with Crippen molar-refractivity contribution in [3.8, 4) is 28.3 Å². The molecule has 7 rings (SSSR count). The topological polar surface area (TPSA) is 91.7 Å². The molecule has 0 saturated carbocycles. The third-order valence-corrected chi connectivity index (χ3v) is 9.84. The van der Waals surface area contributed by atoms with E-state index in [-0.39, 0.29) is 10.8 Å². The molecule has 1 aromatic heterocycles. The van der Waals surface area contributed by atoms with Gasteiger partial charge in [0.25, 0.3) is 0 Å². The van der Waals surface area contributed by atoms with Crippen molar-refractivity contribution < 1.29 is 51.5 Å². The lowest BCUT2D eigenvalue weighted by molar-refractivity contribution is -0.0504. The van der Waals surface area contributed by atoms with Crippen molar-refractivity contribution in [1.82, 2.24) is 4.57 Å². The van der Waals surface area contributed by atoms with Crippen LogP contribution >= 0.6 is 0 Å². The Labute approximate surface area is 273 Å². The number of fused-ring (bicyclic) bond motifs is 6. The van der Waals surface area contributed by atoms with Crippen LogP contribution in [0.5, 0.6) is 11.5 Å². The largest absolute Gasteiger partial charge is 0.534 e. The molecule has 0 radical (unpaired) electrons. The van der Waals surface area contributed by atoms with Gasteiger partial charge in [-0.1, -0.05) is 78.9 Å². The van der Waals surface area contributed by atoms with Crippen molar-refractivity contribution in [3.63, 3.8) is 0 Å². The van der Waals surface area contributed by atoms with Crippen molar-refractivity contribution in [2.24, 2.45) is 0 Å². The first kappa shape index (κ1) is 32.3. The maximum absolute atomic E-state index is 13.4. The maximum Gasteiger partial charge on any atom is 0.534 e. The summed E-state index contributed by atoms with van der Waals surface area (Å²) < 4.78 is 138. The molecule has 0 amide bonds. The Morgan fingerprint density at radius 2 is 1.02 bits per heavy atom. The van der Waals surface area contributed by atoms with Crippen LogP contribution in [0.4, 0.5) is 26.3 Å². The highest BCUT2D eigenvalue weighted by molar-refractivity contribution is 7.88. The van der Waals surface area contributed by atoms with Gasteiger partial charge in [0.1, 0.15) is 0 Å². The van der Waals surface area contributed by atoms with Crippen molar-refractivity contribution >= 4 is 63.6 Å². The molecule has 250 valence electrons. The van der Waals surface area contributed by atoms with Gasteiger partial charge in [-0.3, -0.25) is 0 Å². The molecule has 0 spiro atoms. The predicted octanol–water partition coefficient (Wildman–Crippen LogP) is 9.21. The molecule has 0 aliphatic carbocycles. The highest BCUT2D eigenvalue weighted by atomic mass is 32.2. The maximum atomic E-state index is 13.4. The van der Waals surface area contributed by atoms with Crippen LogP contribution in [0.1, 0.15) is 0 Å². The zero-order valence-corrected chi connectivity index (χ0v) is 26.1. The molecule has 0 fully saturated rings. The zero-order valence-electron chi connectivity index (χ0n) is 24.5. The minimum Gasteiger partial charge on any atom is -0.375 e. The lowest BCUT2D eigenvalue weighted by Crippen LogP contribution is -2.28. The minimum absolute atomic E-state index is 0.0928. The van der Waals surface area contributed by atoms with E-state index in [0.29, 0.717) is 49.4 Å². The molecule has 0 bridgehead atoms. The molecular weight excluding hydrogens is 696 g/mol. The van der Waals surface area contributed by atoms with Crippen LogP contribution in [0.15, 0.2) is 115 Å². The molecule has 6 aromatic carbocycles. The van der Waals surface area contributed by atoms with E-state index in [4.69, 9.17) is 4.18 Å². The molecule has 0 N–H and O–H groups in total. The summed E-state index contributed by atoms with van der Waals surface area (Å²) in [6, 6.07) is 30.2. The number of aromatic nitrogens is 1. The molecule has 0 saturated heterocycles. The van der Waals surface area contributed by atoms with E-state index in [1.807, 2.05) is 0 Å². The third kappa shape index (κ3) is 5.38. The quantitative estimate of drug-likeness (QED) is 0.0969. The number of para-hydroxylation sites is 1. The fourth-order valence-corrected chi connectivity index (χ4v) is 6.81. The first-order chi connectivity index (χ1) is 23.1. The number of halogens is 6. The molecular formula is C34H19F6NO6S2. The normalized spacial score (nSPS) is 13.0. The van der Waals surface area contributed by atoms with Gasteiger partial charge < -0.3 is 12.9 Å². The van der Waals surface area contributed by atoms with Gasteiger partial charge in [-0.05, 0) is 52.2 Å². The number of rotatable bonds is 6. The van der Waals surface area contributed by atoms with Gasteiger partial charge in [-0.15, -0.1) is 0 Å². The van der Waals surface area contributed by atoms with Gasteiger partial charge in [0, 0.05) is 33.3 Å². The molecule has 7 nitrogen and oxygen atoms in total. The first-order valence-electron chi connectivity index (χ1n) is 14.2. The van der Waals surface area contributed by atoms with Gasteiger partial charge in [0.05, 0.1) is 11.0 Å². The smallest absolute Gasteiger partial charge is 0.375 e. The van der Waals surface area contributed by atoms with Crippen molar-refractivity contribution in [3.05, 3.63) is 115 Å². The molecule has 0 atom stereocenters. The summed E-state index contributed by atoms with van der Waals surface area (Å²) in [6.45, 7) is 0. The number of hydrogen-bond acceptors (Lipinski definition) is 6. The fraction of sp³-hybridized carbons (Fsp3) is 0.0588. The summed E-state index contributed by atoms with van der Waals surface area (Å²) in [5.41, 5.74) is -8.82. The summed E-state index contributed by atoms with van der Waals surface area (Å²) in [4.78, 5) is 0. The van der Waals surface area contributed by atoms with E-state index in [1.54, 1.807) is 77.4 Å². The second kappa shape index (κ2) is 11.1. The van der Waals surface area contributed by atoms with Crippen LogP contribution in [0, 0.1) is 0 Å². The zero-order chi connectivity index (χ0) is 34.9. The number of hydrogen-bond donors (Lipinski definition) is 0. The van der Waals surface area contributed by atoms with E-state index in [9.17, 15) is 43.2 Å². The highest BCUT2D eigenvalue weighted by Crippen LogP contribution is 2.44. The lowest BCUT2D eigenvalue weighted by Gasteiger charge is -2.14. The molecule has 7 aromatic rings. The standard InChI is InChI=1S/C34H19F6NO6S2/c35-33(36,37)48(42,43)46-30-17-16-22(23-10-4-5-11-24(23)30)20-14-15-27-28(18-20)41(21-8-2-1-3-9-21)29-19-31(47-49(44,45)34(38,39)40)25-12-6-7-13-26(25)32(27)29/h1-19H. The highest BCUT2D eigenvalue weighted by Gasteiger charge is 2.49. The molecule has 15 heteroatoms. The second-order valence-corrected chi connectivity index (χ2v) is 13.9. The monoisotopic (exact) mass is 715 g/mol. The molecule has 1 heterocycles. The van der Waals surface area contributed by atoms with Crippen LogP contribution < -0.4 is 8.37 Å². The van der Waals surface area contributed by atoms with Crippen LogP contribution in [0.3, 0.4) is 0 Å². The number of benzene rings is 6. The Morgan fingerprint density at radius 1 is 0.490 bits per heavy atom. The van der Waals surface area contributed by atoms with Gasteiger partial charge in [-0.25, -0.2) is 0 Å². The molecule has 49 heavy (non-hydrogen) atoms. The number of nitrogens with zero attached hydrogens (tertiary/aromatic N) is 1. The first-order valence-corrected chi connectivity index (χ1v) is 17.0. The lowest BCUT2D eigenvalue weighted by atomic mass is 9.96. The van der Waals surface area contributed by atoms with Crippen LogP contribution in [-0.2, 0) is 20.2 Å². The summed E-state index contributed by atoms with van der Waals surface area (Å²) in [5.74, 6) is -1.06. The average molecular weight is 716 g/mol. The van der Waals surface area contributed by atoms with E-state index < -0.39 is 42.8 Å². The Kier molecular flexibility index (Phi) is 7.33. The summed E-state index contributed by atoms with van der Waals surface area (Å²) in [7, 11) is -12.0. The Bertz CT molecular complexity index is 2670. The molecule has 0 aliphatic rings. The third-order valence-electron chi connectivity index (χ3n) is 7.91. The van der Waals surface area contributed by atoms with Crippen LogP contribution in [0.2, 0.25) is 0 Å². The van der Waals surface area contributed by atoms with Gasteiger partial charge >= 0.3 is 31.3 Å². The number of alkyl halides is 6. The second-order valence-electron chi connectivity index (χ2n) is 10.8. The van der Waals surface area contributed by atoms with Crippen molar-refractivity contribution in [1.29, 1.82) is 0 Å². The van der Waals surface area contributed by atoms with E-state index in [0.717, 1.165) is 6.07 Å². The van der Waals surface area contributed by atoms with Gasteiger partial charge in [0.2, 0.25) is 0 Å². The van der Waals surface area contributed by atoms with E-state index in [1.165, 1.54) is 36.4 Å². The summed E-state index contributed by atoms with van der Waals surface area (Å²) in [6.07, 6.45) is 0. The Hall–Kier alpha value is -5.28. The SMILES string of the molecule is O=S(=O)(Oc1ccc(-c2ccc3c4c5ccccc5c(OS(=O)(=O)C(F)(F)F)cc4n(-c4ccccc4)c3c2)c2ccccc12)C(F)(F)F. The van der Waals surface area contributed by atoms with Crippen LogP contribution in [0.25, 0.3) is 60.2 Å². The summed E-state index contributed by atoms with van der Waals surface area (Å²) in [5, 5.41) is 2.23. The minimum atomic E-state index is -6.02. The molecule has 0 unspecified atom stereocenters. The Morgan fingerprint density at radius 3 is 1.63 bits per heavy atom. The predicted molar refractivity (Wildman–Crippen MR) is 172 cm³/mol. The van der Waals surface area contributed by atoms with E-state index in [2.05, 4.69) is 4.18 Å². The Balaban J connectivity index is 1.51.